The number of benzene rings is 2. The fraction of sp³-hybridized carbons (Fsp3) is 0.235. The SMILES string of the molecule is COc1cc(OC)cc(C(=O)c2ccccc2CCN)c1. The van der Waals surface area contributed by atoms with Crippen LogP contribution in [0.15, 0.2) is 42.5 Å². The van der Waals surface area contributed by atoms with Gasteiger partial charge in [-0.1, -0.05) is 24.3 Å². The van der Waals surface area contributed by atoms with Crippen molar-refractivity contribution >= 4 is 5.78 Å². The first-order chi connectivity index (χ1) is 10.2. The lowest BCUT2D eigenvalue weighted by Crippen LogP contribution is -2.10. The van der Waals surface area contributed by atoms with E-state index in [1.54, 1.807) is 32.4 Å². The molecule has 0 radical (unpaired) electrons. The van der Waals surface area contributed by atoms with Gasteiger partial charge in [0.2, 0.25) is 0 Å². The fourth-order valence-electron chi connectivity index (χ4n) is 2.21. The monoisotopic (exact) mass is 285 g/mol. The molecule has 2 N–H and O–H groups in total. The molecule has 0 fully saturated rings. The van der Waals surface area contributed by atoms with Gasteiger partial charge in [0.1, 0.15) is 11.5 Å². The number of nitrogens with two attached hydrogens (primary N) is 1. The third-order valence-corrected chi connectivity index (χ3v) is 3.29. The Balaban J connectivity index is 2.44. The second kappa shape index (κ2) is 6.90. The first-order valence-electron chi connectivity index (χ1n) is 6.75. The van der Waals surface area contributed by atoms with Gasteiger partial charge in [-0.2, -0.15) is 0 Å². The highest BCUT2D eigenvalue weighted by Gasteiger charge is 2.15. The maximum atomic E-state index is 12.7. The quantitative estimate of drug-likeness (QED) is 0.828. The highest BCUT2D eigenvalue weighted by molar-refractivity contribution is 6.10. The molecule has 4 nitrogen and oxygen atoms in total. The maximum Gasteiger partial charge on any atom is 0.193 e. The molecule has 0 heterocycles. The number of ketones is 1. The lowest BCUT2D eigenvalue weighted by Gasteiger charge is -2.10. The number of rotatable bonds is 6. The molecule has 2 aromatic carbocycles. The van der Waals surface area contributed by atoms with Crippen LogP contribution in [0.2, 0.25) is 0 Å². The average molecular weight is 285 g/mol. The van der Waals surface area contributed by atoms with Crippen LogP contribution in [0.5, 0.6) is 11.5 Å². The van der Waals surface area contributed by atoms with E-state index in [1.165, 1.54) is 0 Å². The average Bonchev–Trinajstić information content (AvgIpc) is 2.54. The minimum atomic E-state index is -0.0590. The summed E-state index contributed by atoms with van der Waals surface area (Å²) in [5, 5.41) is 0. The van der Waals surface area contributed by atoms with E-state index in [0.29, 0.717) is 35.6 Å². The van der Waals surface area contributed by atoms with E-state index in [2.05, 4.69) is 0 Å². The van der Waals surface area contributed by atoms with Crippen LogP contribution in [-0.4, -0.2) is 26.5 Å². The summed E-state index contributed by atoms with van der Waals surface area (Å²) in [7, 11) is 3.12. The summed E-state index contributed by atoms with van der Waals surface area (Å²) in [6.07, 6.45) is 0.670. The van der Waals surface area contributed by atoms with Crippen LogP contribution in [0.25, 0.3) is 0 Å². The summed E-state index contributed by atoms with van der Waals surface area (Å²) < 4.78 is 10.4. The first kappa shape index (κ1) is 15.1. The van der Waals surface area contributed by atoms with Gasteiger partial charge in [-0.15, -0.1) is 0 Å². The Hall–Kier alpha value is -2.33. The molecule has 0 amide bonds. The number of hydrogen-bond acceptors (Lipinski definition) is 4. The zero-order chi connectivity index (χ0) is 15.2. The van der Waals surface area contributed by atoms with Crippen LogP contribution in [0.4, 0.5) is 0 Å². The highest BCUT2D eigenvalue weighted by Crippen LogP contribution is 2.25. The standard InChI is InChI=1S/C17H19NO3/c1-20-14-9-13(10-15(11-14)21-2)17(19)16-6-4-3-5-12(16)7-8-18/h3-6,9-11H,7-8,18H2,1-2H3. The van der Waals surface area contributed by atoms with Crippen LogP contribution in [-0.2, 0) is 6.42 Å². The predicted octanol–water partition coefficient (Wildman–Crippen LogP) is 2.44. The van der Waals surface area contributed by atoms with Crippen molar-refractivity contribution in [3.8, 4) is 11.5 Å². The molecule has 0 unspecified atom stereocenters. The molecule has 0 bridgehead atoms. The van der Waals surface area contributed by atoms with Crippen molar-refractivity contribution in [1.82, 2.24) is 0 Å². The zero-order valence-electron chi connectivity index (χ0n) is 12.3. The van der Waals surface area contributed by atoms with Gasteiger partial charge < -0.3 is 15.2 Å². The second-order valence-electron chi connectivity index (χ2n) is 4.63. The minimum Gasteiger partial charge on any atom is -0.497 e. The molecule has 2 aromatic rings. The molecule has 0 aliphatic carbocycles. The van der Waals surface area contributed by atoms with Gasteiger partial charge in [-0.3, -0.25) is 4.79 Å². The molecule has 4 heteroatoms. The predicted molar refractivity (Wildman–Crippen MR) is 82.2 cm³/mol. The number of carbonyl (C=O) groups excluding carboxylic acids is 1. The van der Waals surface area contributed by atoms with E-state index in [4.69, 9.17) is 15.2 Å². The number of methoxy groups -OCH3 is 2. The molecule has 2 rings (SSSR count). The molecule has 110 valence electrons. The van der Waals surface area contributed by atoms with Crippen LogP contribution in [0.1, 0.15) is 21.5 Å². The molecule has 0 saturated heterocycles. The van der Waals surface area contributed by atoms with Gasteiger partial charge in [0, 0.05) is 17.2 Å². The van der Waals surface area contributed by atoms with Crippen molar-refractivity contribution in [2.75, 3.05) is 20.8 Å². The van der Waals surface area contributed by atoms with Crippen molar-refractivity contribution in [1.29, 1.82) is 0 Å². The third kappa shape index (κ3) is 3.41. The zero-order valence-corrected chi connectivity index (χ0v) is 12.3. The smallest absolute Gasteiger partial charge is 0.193 e. The fourth-order valence-corrected chi connectivity index (χ4v) is 2.21. The number of hydrogen-bond donors (Lipinski definition) is 1. The summed E-state index contributed by atoms with van der Waals surface area (Å²) in [6, 6.07) is 12.7. The topological polar surface area (TPSA) is 61.5 Å². The molecule has 0 aromatic heterocycles. The number of carbonyl (C=O) groups is 1. The Kier molecular flexibility index (Phi) is 4.95. The maximum absolute atomic E-state index is 12.7. The van der Waals surface area contributed by atoms with Gasteiger partial charge in [0.25, 0.3) is 0 Å². The van der Waals surface area contributed by atoms with E-state index in [9.17, 15) is 4.79 Å². The van der Waals surface area contributed by atoms with Crippen LogP contribution >= 0.6 is 0 Å². The van der Waals surface area contributed by atoms with Crippen molar-refractivity contribution in [3.05, 3.63) is 59.2 Å². The molecular weight excluding hydrogens is 266 g/mol. The third-order valence-electron chi connectivity index (χ3n) is 3.29. The van der Waals surface area contributed by atoms with E-state index in [1.807, 2.05) is 24.3 Å². The highest BCUT2D eigenvalue weighted by atomic mass is 16.5. The van der Waals surface area contributed by atoms with Gasteiger partial charge in [0.05, 0.1) is 14.2 Å². The molecule has 0 atom stereocenters. The van der Waals surface area contributed by atoms with Crippen molar-refractivity contribution < 1.29 is 14.3 Å². The summed E-state index contributed by atoms with van der Waals surface area (Å²) in [5.74, 6) is 1.12. The molecule has 0 aliphatic rings. The Morgan fingerprint density at radius 2 is 1.67 bits per heavy atom. The van der Waals surface area contributed by atoms with Gasteiger partial charge in [-0.05, 0) is 30.7 Å². The summed E-state index contributed by atoms with van der Waals surface area (Å²) in [4.78, 5) is 12.7. The Morgan fingerprint density at radius 1 is 1.05 bits per heavy atom. The van der Waals surface area contributed by atoms with Gasteiger partial charge in [0.15, 0.2) is 5.78 Å². The van der Waals surface area contributed by atoms with E-state index in [-0.39, 0.29) is 5.78 Å². The normalized spacial score (nSPS) is 10.2. The first-order valence-corrected chi connectivity index (χ1v) is 6.75. The molecular formula is C17H19NO3. The lowest BCUT2D eigenvalue weighted by atomic mass is 9.96. The molecule has 0 spiro atoms. The lowest BCUT2D eigenvalue weighted by molar-refractivity contribution is 0.103. The van der Waals surface area contributed by atoms with Gasteiger partial charge >= 0.3 is 0 Å². The summed E-state index contributed by atoms with van der Waals surface area (Å²) >= 11 is 0. The van der Waals surface area contributed by atoms with Crippen molar-refractivity contribution in [2.24, 2.45) is 5.73 Å². The minimum absolute atomic E-state index is 0.0590. The Labute approximate surface area is 124 Å². The van der Waals surface area contributed by atoms with Crippen molar-refractivity contribution in [2.45, 2.75) is 6.42 Å². The van der Waals surface area contributed by atoms with E-state index >= 15 is 0 Å². The molecule has 21 heavy (non-hydrogen) atoms. The van der Waals surface area contributed by atoms with Crippen LogP contribution < -0.4 is 15.2 Å². The van der Waals surface area contributed by atoms with Gasteiger partial charge in [-0.25, -0.2) is 0 Å². The largest absolute Gasteiger partial charge is 0.497 e. The van der Waals surface area contributed by atoms with E-state index in [0.717, 1.165) is 5.56 Å². The molecule has 0 saturated carbocycles. The second-order valence-corrected chi connectivity index (χ2v) is 4.63. The summed E-state index contributed by atoms with van der Waals surface area (Å²) in [5.41, 5.74) is 7.76. The van der Waals surface area contributed by atoms with Crippen LogP contribution in [0.3, 0.4) is 0 Å². The van der Waals surface area contributed by atoms with Crippen molar-refractivity contribution in [3.63, 3.8) is 0 Å². The Bertz CT molecular complexity index is 615. The van der Waals surface area contributed by atoms with Crippen LogP contribution in [0, 0.1) is 0 Å². The Morgan fingerprint density at radius 3 is 2.24 bits per heavy atom. The molecule has 0 aliphatic heterocycles. The van der Waals surface area contributed by atoms with E-state index < -0.39 is 0 Å². The summed E-state index contributed by atoms with van der Waals surface area (Å²) in [6.45, 7) is 0.506. The number of ether oxygens (including phenoxy) is 2.